The predicted octanol–water partition coefficient (Wildman–Crippen LogP) is 3.16. The maximum absolute atomic E-state index is 10.7. The summed E-state index contributed by atoms with van der Waals surface area (Å²) in [5.41, 5.74) is 0. The highest BCUT2D eigenvalue weighted by molar-refractivity contribution is 5.68. The molecule has 0 rings (SSSR count). The van der Waals surface area contributed by atoms with Crippen LogP contribution >= 0.6 is 0 Å². The molecule has 0 aliphatic rings. The topological polar surface area (TPSA) is 26.3 Å². The first-order valence-corrected chi connectivity index (χ1v) is 5.23. The maximum atomic E-state index is 10.7. The molecule has 0 saturated carbocycles. The van der Waals surface area contributed by atoms with Crippen LogP contribution in [-0.4, -0.2) is 13.1 Å². The monoisotopic (exact) mass is 186 g/mol. The van der Waals surface area contributed by atoms with E-state index in [2.05, 4.69) is 18.6 Å². The van der Waals surface area contributed by atoms with Crippen LogP contribution in [0.25, 0.3) is 0 Å². The molecule has 0 aliphatic heterocycles. The van der Waals surface area contributed by atoms with Crippen molar-refractivity contribution in [3.63, 3.8) is 0 Å². The first kappa shape index (κ1) is 12.5. The SMILES string of the molecule is COC(=O)CCCCCCC(C)C. The number of unbranched alkanes of at least 4 members (excludes halogenated alkanes) is 3. The van der Waals surface area contributed by atoms with E-state index < -0.39 is 0 Å². The van der Waals surface area contributed by atoms with Gasteiger partial charge in [0.1, 0.15) is 0 Å². The van der Waals surface area contributed by atoms with Gasteiger partial charge in [0.15, 0.2) is 0 Å². The quantitative estimate of drug-likeness (QED) is 0.451. The van der Waals surface area contributed by atoms with Crippen LogP contribution in [0.2, 0.25) is 0 Å². The second-order valence-electron chi connectivity index (χ2n) is 3.92. The normalized spacial score (nSPS) is 10.5. The Labute approximate surface area is 81.7 Å². The lowest BCUT2D eigenvalue weighted by Crippen LogP contribution is -1.99. The summed E-state index contributed by atoms with van der Waals surface area (Å²) in [4.78, 5) is 10.7. The molecule has 78 valence electrons. The second kappa shape index (κ2) is 8.09. The summed E-state index contributed by atoms with van der Waals surface area (Å²) in [6.07, 6.45) is 6.55. The van der Waals surface area contributed by atoms with Crippen molar-refractivity contribution in [1.82, 2.24) is 0 Å². The summed E-state index contributed by atoms with van der Waals surface area (Å²) >= 11 is 0. The maximum Gasteiger partial charge on any atom is 0.305 e. The van der Waals surface area contributed by atoms with Gasteiger partial charge in [-0.15, -0.1) is 0 Å². The van der Waals surface area contributed by atoms with E-state index >= 15 is 0 Å². The molecule has 0 aromatic heterocycles. The van der Waals surface area contributed by atoms with Crippen molar-refractivity contribution in [2.24, 2.45) is 5.92 Å². The van der Waals surface area contributed by atoms with Gasteiger partial charge in [-0.1, -0.05) is 39.5 Å². The van der Waals surface area contributed by atoms with E-state index in [1.807, 2.05) is 0 Å². The Morgan fingerprint density at radius 2 is 1.77 bits per heavy atom. The highest BCUT2D eigenvalue weighted by Crippen LogP contribution is 2.10. The van der Waals surface area contributed by atoms with Crippen molar-refractivity contribution in [3.05, 3.63) is 0 Å². The van der Waals surface area contributed by atoms with Crippen molar-refractivity contribution in [2.75, 3.05) is 7.11 Å². The van der Waals surface area contributed by atoms with Crippen LogP contribution in [0, 0.1) is 5.92 Å². The average molecular weight is 186 g/mol. The van der Waals surface area contributed by atoms with Crippen molar-refractivity contribution in [2.45, 2.75) is 52.4 Å². The number of carbonyl (C=O) groups excluding carboxylic acids is 1. The van der Waals surface area contributed by atoms with Gasteiger partial charge in [-0.25, -0.2) is 0 Å². The number of methoxy groups -OCH3 is 1. The number of hydrogen-bond donors (Lipinski definition) is 0. The molecular formula is C11H22O2. The predicted molar refractivity (Wildman–Crippen MR) is 54.6 cm³/mol. The molecule has 2 nitrogen and oxygen atoms in total. The molecule has 0 unspecified atom stereocenters. The van der Waals surface area contributed by atoms with E-state index in [-0.39, 0.29) is 5.97 Å². The zero-order valence-electron chi connectivity index (χ0n) is 9.14. The van der Waals surface area contributed by atoms with E-state index in [4.69, 9.17) is 0 Å². The van der Waals surface area contributed by atoms with Crippen molar-refractivity contribution in [3.8, 4) is 0 Å². The van der Waals surface area contributed by atoms with Crippen LogP contribution in [0.4, 0.5) is 0 Å². The van der Waals surface area contributed by atoms with E-state index in [0.29, 0.717) is 6.42 Å². The van der Waals surface area contributed by atoms with Crippen LogP contribution in [0.1, 0.15) is 52.4 Å². The largest absolute Gasteiger partial charge is 0.469 e. The number of rotatable bonds is 7. The van der Waals surface area contributed by atoms with Crippen molar-refractivity contribution >= 4 is 5.97 Å². The lowest BCUT2D eigenvalue weighted by atomic mass is 10.0. The van der Waals surface area contributed by atoms with Gasteiger partial charge in [-0.05, 0) is 12.3 Å². The Bertz CT molecular complexity index is 130. The Morgan fingerprint density at radius 1 is 1.15 bits per heavy atom. The van der Waals surface area contributed by atoms with Crippen molar-refractivity contribution < 1.29 is 9.53 Å². The van der Waals surface area contributed by atoms with Gasteiger partial charge in [0.2, 0.25) is 0 Å². The van der Waals surface area contributed by atoms with Crippen LogP contribution in [0.5, 0.6) is 0 Å². The minimum absolute atomic E-state index is 0.0798. The van der Waals surface area contributed by atoms with Gasteiger partial charge in [0.25, 0.3) is 0 Å². The van der Waals surface area contributed by atoms with Gasteiger partial charge in [0, 0.05) is 6.42 Å². The van der Waals surface area contributed by atoms with Gasteiger partial charge >= 0.3 is 5.97 Å². The lowest BCUT2D eigenvalue weighted by molar-refractivity contribution is -0.140. The number of hydrogen-bond acceptors (Lipinski definition) is 2. The summed E-state index contributed by atoms with van der Waals surface area (Å²) in [5, 5.41) is 0. The Balaban J connectivity index is 3.04. The van der Waals surface area contributed by atoms with E-state index in [1.165, 1.54) is 26.4 Å². The lowest BCUT2D eigenvalue weighted by Gasteiger charge is -2.03. The first-order valence-electron chi connectivity index (χ1n) is 5.23. The molecule has 0 amide bonds. The van der Waals surface area contributed by atoms with Crippen LogP contribution < -0.4 is 0 Å². The van der Waals surface area contributed by atoms with Gasteiger partial charge in [-0.2, -0.15) is 0 Å². The van der Waals surface area contributed by atoms with Gasteiger partial charge < -0.3 is 4.74 Å². The number of esters is 1. The third-order valence-corrected chi connectivity index (χ3v) is 2.14. The third kappa shape index (κ3) is 9.38. The molecule has 0 saturated heterocycles. The van der Waals surface area contributed by atoms with E-state index in [9.17, 15) is 4.79 Å². The van der Waals surface area contributed by atoms with Gasteiger partial charge in [-0.3, -0.25) is 4.79 Å². The average Bonchev–Trinajstić information content (AvgIpc) is 2.10. The zero-order chi connectivity index (χ0) is 10.1. The zero-order valence-corrected chi connectivity index (χ0v) is 9.14. The molecule has 0 spiro atoms. The summed E-state index contributed by atoms with van der Waals surface area (Å²) in [7, 11) is 1.45. The Morgan fingerprint density at radius 3 is 2.31 bits per heavy atom. The molecule has 2 heteroatoms. The molecule has 0 aliphatic carbocycles. The molecule has 13 heavy (non-hydrogen) atoms. The highest BCUT2D eigenvalue weighted by Gasteiger charge is 1.99. The molecule has 0 heterocycles. The molecule has 0 fully saturated rings. The summed E-state index contributed by atoms with van der Waals surface area (Å²) in [6, 6.07) is 0. The molecule has 0 N–H and O–H groups in total. The van der Waals surface area contributed by atoms with Crippen molar-refractivity contribution in [1.29, 1.82) is 0 Å². The molecule has 0 radical (unpaired) electrons. The number of carbonyl (C=O) groups is 1. The fraction of sp³-hybridized carbons (Fsp3) is 0.909. The first-order chi connectivity index (χ1) is 6.16. The Hall–Kier alpha value is -0.530. The molecule has 0 aromatic carbocycles. The van der Waals surface area contributed by atoms with Crippen LogP contribution in [-0.2, 0) is 9.53 Å². The summed E-state index contributed by atoms with van der Waals surface area (Å²) in [5.74, 6) is 0.726. The fourth-order valence-electron chi connectivity index (χ4n) is 1.28. The standard InChI is InChI=1S/C11H22O2/c1-10(2)8-6-4-5-7-9-11(12)13-3/h10H,4-9H2,1-3H3. The van der Waals surface area contributed by atoms with E-state index in [0.717, 1.165) is 18.8 Å². The summed E-state index contributed by atoms with van der Waals surface area (Å²) < 4.78 is 4.56. The molecule has 0 aromatic rings. The smallest absolute Gasteiger partial charge is 0.305 e. The third-order valence-electron chi connectivity index (χ3n) is 2.14. The highest BCUT2D eigenvalue weighted by atomic mass is 16.5. The summed E-state index contributed by atoms with van der Waals surface area (Å²) in [6.45, 7) is 4.49. The Kier molecular flexibility index (Phi) is 7.76. The minimum Gasteiger partial charge on any atom is -0.469 e. The van der Waals surface area contributed by atoms with Gasteiger partial charge in [0.05, 0.1) is 7.11 Å². The number of ether oxygens (including phenoxy) is 1. The molecule has 0 bridgehead atoms. The minimum atomic E-state index is -0.0798. The van der Waals surface area contributed by atoms with Crippen LogP contribution in [0.3, 0.4) is 0 Å². The second-order valence-corrected chi connectivity index (χ2v) is 3.92. The molecular weight excluding hydrogens is 164 g/mol. The van der Waals surface area contributed by atoms with Crippen LogP contribution in [0.15, 0.2) is 0 Å². The fourth-order valence-corrected chi connectivity index (χ4v) is 1.28. The molecule has 0 atom stereocenters. The van der Waals surface area contributed by atoms with E-state index in [1.54, 1.807) is 0 Å².